The summed E-state index contributed by atoms with van der Waals surface area (Å²) in [7, 11) is 1.64. The third-order valence-corrected chi connectivity index (χ3v) is 4.59. The van der Waals surface area contributed by atoms with E-state index in [1.807, 2.05) is 24.3 Å². The smallest absolute Gasteiger partial charge is 0.271 e. The molecule has 0 radical (unpaired) electrons. The molecule has 1 aliphatic heterocycles. The van der Waals surface area contributed by atoms with E-state index in [0.717, 1.165) is 50.7 Å². The van der Waals surface area contributed by atoms with Crippen LogP contribution >= 0.6 is 0 Å². The van der Waals surface area contributed by atoms with Crippen LogP contribution in [0.3, 0.4) is 0 Å². The average Bonchev–Trinajstić information content (AvgIpc) is 2.75. The summed E-state index contributed by atoms with van der Waals surface area (Å²) in [5, 5.41) is 6.10. The molecule has 1 amide bonds. The van der Waals surface area contributed by atoms with Gasteiger partial charge >= 0.3 is 0 Å². The first-order valence-corrected chi connectivity index (χ1v) is 9.52. The summed E-state index contributed by atoms with van der Waals surface area (Å²) in [5.74, 6) is 1.25. The Morgan fingerprint density at radius 1 is 1.18 bits per heavy atom. The number of carbonyl (C=O) groups excluding carboxylic acids is 1. The quantitative estimate of drug-likeness (QED) is 0.671. The van der Waals surface area contributed by atoms with Crippen LogP contribution in [0.15, 0.2) is 36.7 Å². The van der Waals surface area contributed by atoms with Crippen LogP contribution < -0.4 is 15.4 Å². The minimum atomic E-state index is -0.234. The number of morpholine rings is 1. The maximum absolute atomic E-state index is 12.2. The summed E-state index contributed by atoms with van der Waals surface area (Å²) < 4.78 is 10.7. The van der Waals surface area contributed by atoms with Crippen molar-refractivity contribution in [2.24, 2.45) is 0 Å². The van der Waals surface area contributed by atoms with Crippen molar-refractivity contribution in [1.29, 1.82) is 0 Å². The van der Waals surface area contributed by atoms with Crippen molar-refractivity contribution in [3.05, 3.63) is 47.9 Å². The van der Waals surface area contributed by atoms with E-state index in [1.54, 1.807) is 13.3 Å². The Hall–Kier alpha value is -2.71. The van der Waals surface area contributed by atoms with Gasteiger partial charge in [0.2, 0.25) is 0 Å². The van der Waals surface area contributed by atoms with Crippen LogP contribution in [-0.2, 0) is 11.2 Å². The van der Waals surface area contributed by atoms with Crippen LogP contribution in [0.25, 0.3) is 0 Å². The molecule has 150 valence electrons. The highest BCUT2D eigenvalue weighted by atomic mass is 16.5. The lowest BCUT2D eigenvalue weighted by Crippen LogP contribution is -2.39. The number of nitrogens with zero attached hydrogens (tertiary/aromatic N) is 3. The lowest BCUT2D eigenvalue weighted by molar-refractivity contribution is 0.0398. The molecule has 0 unspecified atom stereocenters. The predicted molar refractivity (Wildman–Crippen MR) is 107 cm³/mol. The van der Waals surface area contributed by atoms with E-state index < -0.39 is 0 Å². The number of hydrogen-bond donors (Lipinski definition) is 2. The second-order valence-corrected chi connectivity index (χ2v) is 6.49. The van der Waals surface area contributed by atoms with E-state index >= 15 is 0 Å². The maximum atomic E-state index is 12.2. The fourth-order valence-electron chi connectivity index (χ4n) is 3.01. The van der Waals surface area contributed by atoms with Crippen LogP contribution in [0.2, 0.25) is 0 Å². The number of aromatic nitrogens is 2. The summed E-state index contributed by atoms with van der Waals surface area (Å²) in [6.07, 6.45) is 3.77. The molecule has 8 heteroatoms. The molecule has 1 fully saturated rings. The zero-order chi connectivity index (χ0) is 19.6. The Morgan fingerprint density at radius 3 is 2.75 bits per heavy atom. The van der Waals surface area contributed by atoms with Crippen molar-refractivity contribution in [3.8, 4) is 5.75 Å². The number of anilines is 1. The summed E-state index contributed by atoms with van der Waals surface area (Å²) >= 11 is 0. The second-order valence-electron chi connectivity index (χ2n) is 6.49. The molecule has 8 nitrogen and oxygen atoms in total. The molecule has 3 rings (SSSR count). The lowest BCUT2D eigenvalue weighted by atomic mass is 10.1. The van der Waals surface area contributed by atoms with Gasteiger partial charge in [-0.25, -0.2) is 9.97 Å². The maximum Gasteiger partial charge on any atom is 0.271 e. The minimum absolute atomic E-state index is 0.234. The highest BCUT2D eigenvalue weighted by molar-refractivity contribution is 5.92. The number of amides is 1. The second kappa shape index (κ2) is 10.6. The van der Waals surface area contributed by atoms with Crippen LogP contribution in [0, 0.1) is 0 Å². The first-order chi connectivity index (χ1) is 13.8. The van der Waals surface area contributed by atoms with Gasteiger partial charge in [0.1, 0.15) is 17.3 Å². The number of ether oxygens (including phenoxy) is 2. The van der Waals surface area contributed by atoms with Gasteiger partial charge in [0.25, 0.3) is 5.91 Å². The molecule has 0 aliphatic carbocycles. The van der Waals surface area contributed by atoms with Gasteiger partial charge in [0.05, 0.1) is 32.7 Å². The van der Waals surface area contributed by atoms with E-state index in [9.17, 15) is 4.79 Å². The van der Waals surface area contributed by atoms with Crippen LogP contribution in [-0.4, -0.2) is 73.8 Å². The first kappa shape index (κ1) is 20.0. The van der Waals surface area contributed by atoms with Gasteiger partial charge in [0.15, 0.2) is 0 Å². The molecule has 1 saturated heterocycles. The van der Waals surface area contributed by atoms with Gasteiger partial charge in [-0.05, 0) is 18.1 Å². The zero-order valence-corrected chi connectivity index (χ0v) is 16.2. The number of hydrogen-bond acceptors (Lipinski definition) is 7. The molecule has 0 spiro atoms. The molecule has 0 saturated carbocycles. The molecule has 0 atom stereocenters. The standard InChI is InChI=1S/C20H27N5O3/c1-27-18-5-3-2-4-16(18)6-7-22-20(26)17-14-24-19(15-23-17)21-8-9-25-10-12-28-13-11-25/h2-5,14-15H,6-13H2,1H3,(H,21,24)(H,22,26). The van der Waals surface area contributed by atoms with Crippen molar-refractivity contribution in [1.82, 2.24) is 20.2 Å². The summed E-state index contributed by atoms with van der Waals surface area (Å²) in [5.41, 5.74) is 1.36. The average molecular weight is 385 g/mol. The molecular formula is C20H27N5O3. The van der Waals surface area contributed by atoms with Crippen molar-refractivity contribution in [2.75, 3.05) is 58.4 Å². The van der Waals surface area contributed by atoms with Crippen LogP contribution in [0.5, 0.6) is 5.75 Å². The van der Waals surface area contributed by atoms with Crippen molar-refractivity contribution in [2.45, 2.75) is 6.42 Å². The number of rotatable bonds is 9. The minimum Gasteiger partial charge on any atom is -0.496 e. The number of benzene rings is 1. The zero-order valence-electron chi connectivity index (χ0n) is 16.2. The Balaban J connectivity index is 1.40. The highest BCUT2D eigenvalue weighted by Crippen LogP contribution is 2.17. The van der Waals surface area contributed by atoms with Crippen LogP contribution in [0.4, 0.5) is 5.82 Å². The van der Waals surface area contributed by atoms with E-state index in [4.69, 9.17) is 9.47 Å². The SMILES string of the molecule is COc1ccccc1CCNC(=O)c1cnc(NCCN2CCOCC2)cn1. The van der Waals surface area contributed by atoms with Gasteiger partial charge in [0, 0.05) is 32.7 Å². The number of carbonyl (C=O) groups is 1. The molecule has 1 aromatic carbocycles. The largest absolute Gasteiger partial charge is 0.496 e. The van der Waals surface area contributed by atoms with Gasteiger partial charge < -0.3 is 20.1 Å². The Morgan fingerprint density at radius 2 is 2.00 bits per heavy atom. The van der Waals surface area contributed by atoms with Gasteiger partial charge in [-0.1, -0.05) is 18.2 Å². The molecule has 0 bridgehead atoms. The normalized spacial score (nSPS) is 14.5. The van der Waals surface area contributed by atoms with E-state index in [0.29, 0.717) is 24.5 Å². The molecule has 1 aliphatic rings. The van der Waals surface area contributed by atoms with E-state index in [1.165, 1.54) is 6.20 Å². The fraction of sp³-hybridized carbons (Fsp3) is 0.450. The Bertz CT molecular complexity index is 748. The summed E-state index contributed by atoms with van der Waals surface area (Å²) in [4.78, 5) is 23.1. The molecule has 28 heavy (non-hydrogen) atoms. The van der Waals surface area contributed by atoms with Gasteiger partial charge in [-0.2, -0.15) is 0 Å². The summed E-state index contributed by atoms with van der Waals surface area (Å²) in [6, 6.07) is 7.78. The van der Waals surface area contributed by atoms with Gasteiger partial charge in [-0.15, -0.1) is 0 Å². The highest BCUT2D eigenvalue weighted by Gasteiger charge is 2.11. The molecule has 2 N–H and O–H groups in total. The Kier molecular flexibility index (Phi) is 7.57. The van der Waals surface area contributed by atoms with Crippen molar-refractivity contribution < 1.29 is 14.3 Å². The monoisotopic (exact) mass is 385 g/mol. The molecule has 2 heterocycles. The molecule has 1 aromatic heterocycles. The number of para-hydroxylation sites is 1. The molecular weight excluding hydrogens is 358 g/mol. The summed E-state index contributed by atoms with van der Waals surface area (Å²) in [6.45, 7) is 5.71. The first-order valence-electron chi connectivity index (χ1n) is 9.52. The predicted octanol–water partition coefficient (Wildman–Crippen LogP) is 1.20. The van der Waals surface area contributed by atoms with Crippen molar-refractivity contribution >= 4 is 11.7 Å². The van der Waals surface area contributed by atoms with E-state index in [-0.39, 0.29) is 5.91 Å². The van der Waals surface area contributed by atoms with E-state index in [2.05, 4.69) is 25.5 Å². The van der Waals surface area contributed by atoms with Gasteiger partial charge in [-0.3, -0.25) is 9.69 Å². The Labute approximate surface area is 165 Å². The number of methoxy groups -OCH3 is 1. The fourth-order valence-corrected chi connectivity index (χ4v) is 3.01. The van der Waals surface area contributed by atoms with Crippen molar-refractivity contribution in [3.63, 3.8) is 0 Å². The third kappa shape index (κ3) is 5.90. The lowest BCUT2D eigenvalue weighted by Gasteiger charge is -2.26. The third-order valence-electron chi connectivity index (χ3n) is 4.59. The van der Waals surface area contributed by atoms with Crippen LogP contribution in [0.1, 0.15) is 16.1 Å². The topological polar surface area (TPSA) is 88.6 Å². The number of nitrogens with one attached hydrogen (secondary N) is 2. The molecule has 2 aromatic rings.